The van der Waals surface area contributed by atoms with Gasteiger partial charge in [0.25, 0.3) is 0 Å². The predicted molar refractivity (Wildman–Crippen MR) is 98.9 cm³/mol. The normalized spacial score (nSPS) is 10.5. The summed E-state index contributed by atoms with van der Waals surface area (Å²) in [5.41, 5.74) is 3.22. The lowest BCUT2D eigenvalue weighted by molar-refractivity contribution is 0.412. The first kappa shape index (κ1) is 17.9. The first-order valence-electron chi connectivity index (χ1n) is 8.05. The Bertz CT molecular complexity index is 1030. The molecule has 26 heavy (non-hydrogen) atoms. The quantitative estimate of drug-likeness (QED) is 0.569. The third-order valence-electron chi connectivity index (χ3n) is 3.69. The lowest BCUT2D eigenvalue weighted by Crippen LogP contribution is -2.02. The highest BCUT2D eigenvalue weighted by atomic mass is 35.5. The molecular weight excluding hydrogens is 357 g/mol. The van der Waals surface area contributed by atoms with Crippen LogP contribution >= 0.6 is 11.6 Å². The standard InChI is InChI=1S/C16H11ClFN5O.C2H6/c1-24-13-6-10(18)2-3-11(13)15-14(9-7-19-20-8-9)22-16(17)12-4-5-21-23(12)15;1-2/h2-8H,1H3,(H,19,20);1-2H3. The highest BCUT2D eigenvalue weighted by Crippen LogP contribution is 2.38. The second kappa shape index (κ2) is 7.53. The molecule has 6 nitrogen and oxygen atoms in total. The van der Waals surface area contributed by atoms with Crippen LogP contribution in [-0.4, -0.2) is 31.9 Å². The smallest absolute Gasteiger partial charge is 0.155 e. The van der Waals surface area contributed by atoms with Gasteiger partial charge < -0.3 is 4.74 Å². The summed E-state index contributed by atoms with van der Waals surface area (Å²) in [5, 5.41) is 11.4. The van der Waals surface area contributed by atoms with Gasteiger partial charge in [0.1, 0.15) is 28.5 Å². The zero-order valence-electron chi connectivity index (χ0n) is 14.5. The number of benzene rings is 1. The molecular formula is C18H17ClFN5O. The van der Waals surface area contributed by atoms with Crippen LogP contribution in [0.25, 0.3) is 28.0 Å². The number of methoxy groups -OCH3 is 1. The van der Waals surface area contributed by atoms with Crippen molar-refractivity contribution in [1.29, 1.82) is 0 Å². The third-order valence-corrected chi connectivity index (χ3v) is 3.97. The van der Waals surface area contributed by atoms with Crippen molar-refractivity contribution in [2.45, 2.75) is 13.8 Å². The van der Waals surface area contributed by atoms with Crippen LogP contribution < -0.4 is 4.74 Å². The molecule has 0 bridgehead atoms. The minimum Gasteiger partial charge on any atom is -0.496 e. The summed E-state index contributed by atoms with van der Waals surface area (Å²) in [7, 11) is 1.49. The maximum Gasteiger partial charge on any atom is 0.155 e. The molecule has 4 rings (SSSR count). The largest absolute Gasteiger partial charge is 0.496 e. The molecule has 0 saturated heterocycles. The van der Waals surface area contributed by atoms with Crippen LogP contribution in [0, 0.1) is 5.82 Å². The van der Waals surface area contributed by atoms with Gasteiger partial charge in [-0.3, -0.25) is 5.10 Å². The first-order valence-corrected chi connectivity index (χ1v) is 8.43. The molecule has 4 aromatic rings. The van der Waals surface area contributed by atoms with Gasteiger partial charge in [0.05, 0.1) is 19.5 Å². The predicted octanol–water partition coefficient (Wildman–Crippen LogP) is 4.61. The van der Waals surface area contributed by atoms with Gasteiger partial charge in [0, 0.05) is 23.4 Å². The number of fused-ring (bicyclic) bond motifs is 1. The molecule has 3 aromatic heterocycles. The molecule has 0 atom stereocenters. The van der Waals surface area contributed by atoms with E-state index in [1.54, 1.807) is 35.2 Å². The van der Waals surface area contributed by atoms with Crippen molar-refractivity contribution in [1.82, 2.24) is 24.8 Å². The van der Waals surface area contributed by atoms with Crippen LogP contribution in [0.1, 0.15) is 13.8 Å². The number of H-pyrrole nitrogens is 1. The molecule has 0 amide bonds. The average molecular weight is 374 g/mol. The molecule has 0 aliphatic heterocycles. The third kappa shape index (κ3) is 3.01. The van der Waals surface area contributed by atoms with Crippen molar-refractivity contribution in [3.8, 4) is 28.3 Å². The highest BCUT2D eigenvalue weighted by molar-refractivity contribution is 6.32. The molecule has 134 valence electrons. The Labute approximate surface area is 154 Å². The van der Waals surface area contributed by atoms with Crippen LogP contribution in [0.5, 0.6) is 5.75 Å². The van der Waals surface area contributed by atoms with Gasteiger partial charge in [-0.25, -0.2) is 13.9 Å². The van der Waals surface area contributed by atoms with Crippen molar-refractivity contribution in [2.75, 3.05) is 7.11 Å². The molecule has 1 N–H and O–H groups in total. The average Bonchev–Trinajstić information content (AvgIpc) is 3.36. The molecule has 3 heterocycles. The number of ether oxygens (including phenoxy) is 1. The number of halogens is 2. The van der Waals surface area contributed by atoms with Crippen LogP contribution in [0.15, 0.2) is 42.9 Å². The van der Waals surface area contributed by atoms with Crippen LogP contribution in [0.3, 0.4) is 0 Å². The van der Waals surface area contributed by atoms with Crippen LogP contribution in [-0.2, 0) is 0 Å². The number of nitrogens with zero attached hydrogens (tertiary/aromatic N) is 4. The fraction of sp³-hybridized carbons (Fsp3) is 0.167. The zero-order chi connectivity index (χ0) is 18.7. The number of hydrogen-bond acceptors (Lipinski definition) is 4. The topological polar surface area (TPSA) is 68.1 Å². The molecule has 0 fully saturated rings. The maximum atomic E-state index is 13.6. The first-order chi connectivity index (χ1) is 12.7. The van der Waals surface area contributed by atoms with Crippen molar-refractivity contribution in [3.05, 3.63) is 53.8 Å². The van der Waals surface area contributed by atoms with Gasteiger partial charge >= 0.3 is 0 Å². The van der Waals surface area contributed by atoms with Crippen LogP contribution in [0.2, 0.25) is 5.15 Å². The Morgan fingerprint density at radius 3 is 2.73 bits per heavy atom. The van der Waals surface area contributed by atoms with Crippen molar-refractivity contribution < 1.29 is 9.13 Å². The summed E-state index contributed by atoms with van der Waals surface area (Å²) >= 11 is 6.28. The number of hydrogen-bond donors (Lipinski definition) is 1. The molecule has 0 aliphatic carbocycles. The minimum atomic E-state index is -0.390. The van der Waals surface area contributed by atoms with Gasteiger partial charge in [-0.1, -0.05) is 25.4 Å². The van der Waals surface area contributed by atoms with Gasteiger partial charge in [-0.2, -0.15) is 10.2 Å². The molecule has 0 saturated carbocycles. The summed E-state index contributed by atoms with van der Waals surface area (Å²) < 4.78 is 20.6. The van der Waals surface area contributed by atoms with E-state index in [9.17, 15) is 4.39 Å². The lowest BCUT2D eigenvalue weighted by atomic mass is 10.0. The summed E-state index contributed by atoms with van der Waals surface area (Å²) in [6.45, 7) is 4.00. The Morgan fingerprint density at radius 1 is 1.23 bits per heavy atom. The molecule has 0 radical (unpaired) electrons. The second-order valence-electron chi connectivity index (χ2n) is 5.06. The van der Waals surface area contributed by atoms with E-state index in [1.165, 1.54) is 19.2 Å². The van der Waals surface area contributed by atoms with Gasteiger partial charge in [0.15, 0.2) is 5.15 Å². The molecule has 8 heteroatoms. The van der Waals surface area contributed by atoms with Crippen molar-refractivity contribution in [2.24, 2.45) is 0 Å². The van der Waals surface area contributed by atoms with E-state index in [0.29, 0.717) is 33.4 Å². The lowest BCUT2D eigenvalue weighted by Gasteiger charge is -2.14. The maximum absolute atomic E-state index is 13.6. The van der Waals surface area contributed by atoms with Crippen molar-refractivity contribution in [3.63, 3.8) is 0 Å². The number of aromatic amines is 1. The second-order valence-corrected chi connectivity index (χ2v) is 5.42. The summed E-state index contributed by atoms with van der Waals surface area (Å²) in [6, 6.07) is 6.07. The zero-order valence-corrected chi connectivity index (χ0v) is 15.3. The fourth-order valence-corrected chi connectivity index (χ4v) is 2.86. The van der Waals surface area contributed by atoms with E-state index in [0.717, 1.165) is 5.56 Å². The summed E-state index contributed by atoms with van der Waals surface area (Å²) in [6.07, 6.45) is 4.96. The number of rotatable bonds is 3. The van der Waals surface area contributed by atoms with E-state index < -0.39 is 0 Å². The Balaban J connectivity index is 0.000000948. The van der Waals surface area contributed by atoms with E-state index in [4.69, 9.17) is 16.3 Å². The van der Waals surface area contributed by atoms with Gasteiger partial charge in [-0.05, 0) is 18.2 Å². The molecule has 1 aromatic carbocycles. The van der Waals surface area contributed by atoms with E-state index in [-0.39, 0.29) is 5.82 Å². The minimum absolute atomic E-state index is 0.313. The fourth-order valence-electron chi connectivity index (χ4n) is 2.63. The summed E-state index contributed by atoms with van der Waals surface area (Å²) in [5.74, 6) is -0.0141. The monoisotopic (exact) mass is 373 g/mol. The van der Waals surface area contributed by atoms with Crippen LogP contribution in [0.4, 0.5) is 4.39 Å². The Morgan fingerprint density at radius 2 is 2.04 bits per heavy atom. The molecule has 0 spiro atoms. The summed E-state index contributed by atoms with van der Waals surface area (Å²) in [4.78, 5) is 4.49. The van der Waals surface area contributed by atoms with Gasteiger partial charge in [-0.15, -0.1) is 0 Å². The molecule has 0 aliphatic rings. The van der Waals surface area contributed by atoms with E-state index >= 15 is 0 Å². The van der Waals surface area contributed by atoms with Gasteiger partial charge in [0.2, 0.25) is 0 Å². The molecule has 0 unspecified atom stereocenters. The van der Waals surface area contributed by atoms with Crippen molar-refractivity contribution >= 4 is 17.1 Å². The van der Waals surface area contributed by atoms with E-state index in [2.05, 4.69) is 20.3 Å². The number of aromatic nitrogens is 5. The van der Waals surface area contributed by atoms with E-state index in [1.807, 2.05) is 13.8 Å². The number of nitrogens with one attached hydrogen (secondary N) is 1. The Hall–Kier alpha value is -2.93. The highest BCUT2D eigenvalue weighted by Gasteiger charge is 2.21. The Kier molecular flexibility index (Phi) is 5.18. The SMILES string of the molecule is CC.COc1cc(F)ccc1-c1c(-c2cn[nH]c2)nc(Cl)c2ccnn12.